The summed E-state index contributed by atoms with van der Waals surface area (Å²) in [6.07, 6.45) is 8.13. The van der Waals surface area contributed by atoms with E-state index in [1.54, 1.807) is 6.20 Å². The number of ether oxygens (including phenoxy) is 1. The van der Waals surface area contributed by atoms with Crippen molar-refractivity contribution in [1.82, 2.24) is 14.9 Å². The van der Waals surface area contributed by atoms with Crippen LogP contribution in [0, 0.1) is 5.92 Å². The normalized spacial score (nSPS) is 23.7. The number of rotatable bonds is 4. The van der Waals surface area contributed by atoms with Crippen molar-refractivity contribution in [3.63, 3.8) is 0 Å². The molecule has 1 aromatic heterocycles. The van der Waals surface area contributed by atoms with Crippen molar-refractivity contribution >= 4 is 12.0 Å². The Hall–Kier alpha value is -2.34. The monoisotopic (exact) mass is 326 g/mol. The highest BCUT2D eigenvalue weighted by Gasteiger charge is 2.36. The molecule has 2 fully saturated rings. The maximum absolute atomic E-state index is 12.3. The number of aromatic nitrogens is 2. The Balaban J connectivity index is 1.37. The van der Waals surface area contributed by atoms with E-state index < -0.39 is 0 Å². The maximum Gasteiger partial charge on any atom is 0.321 e. The second-order valence-electron chi connectivity index (χ2n) is 6.52. The van der Waals surface area contributed by atoms with Gasteiger partial charge < -0.3 is 10.1 Å². The quantitative estimate of drug-likeness (QED) is 0.907. The molecule has 1 saturated heterocycles. The van der Waals surface area contributed by atoms with Gasteiger partial charge in [0.15, 0.2) is 0 Å². The van der Waals surface area contributed by atoms with Crippen molar-refractivity contribution in [2.45, 2.75) is 37.8 Å². The van der Waals surface area contributed by atoms with Gasteiger partial charge in [0.25, 0.3) is 0 Å². The predicted octanol–water partition coefficient (Wildman–Crippen LogP) is 2.95. The van der Waals surface area contributed by atoms with E-state index in [1.807, 2.05) is 41.1 Å². The fraction of sp³-hybridized carbons (Fsp3) is 0.444. The molecule has 2 heterocycles. The number of benzene rings is 1. The fourth-order valence-electron chi connectivity index (χ4n) is 3.27. The third kappa shape index (κ3) is 3.43. The topological polar surface area (TPSA) is 68.2 Å². The van der Waals surface area contributed by atoms with Crippen molar-refractivity contribution in [3.8, 4) is 5.69 Å². The number of nitrogens with one attached hydrogen (secondary N) is 2. The molecule has 0 bridgehead atoms. The molecule has 1 saturated carbocycles. The van der Waals surface area contributed by atoms with Gasteiger partial charge in [-0.1, -0.05) is 18.2 Å². The van der Waals surface area contributed by atoms with E-state index in [0.717, 1.165) is 25.1 Å². The number of amides is 2. The summed E-state index contributed by atoms with van der Waals surface area (Å²) >= 11 is 0. The molecule has 6 nitrogen and oxygen atoms in total. The zero-order valence-electron chi connectivity index (χ0n) is 13.5. The summed E-state index contributed by atoms with van der Waals surface area (Å²) in [4.78, 5) is 16.6. The van der Waals surface area contributed by atoms with Gasteiger partial charge in [-0.25, -0.2) is 9.78 Å². The molecule has 2 aromatic rings. The molecule has 2 N–H and O–H groups in total. The van der Waals surface area contributed by atoms with Crippen LogP contribution in [-0.2, 0) is 4.74 Å². The molecule has 24 heavy (non-hydrogen) atoms. The predicted molar refractivity (Wildman–Crippen MR) is 91.2 cm³/mol. The molecule has 1 aliphatic heterocycles. The lowest BCUT2D eigenvalue weighted by Gasteiger charge is -2.30. The lowest BCUT2D eigenvalue weighted by atomic mass is 10.0. The highest BCUT2D eigenvalue weighted by molar-refractivity contribution is 5.88. The number of hydrogen-bond donors (Lipinski definition) is 2. The number of para-hydroxylation sites is 1. The van der Waals surface area contributed by atoms with Crippen LogP contribution in [0.3, 0.4) is 0 Å². The van der Waals surface area contributed by atoms with Crippen molar-refractivity contribution < 1.29 is 9.53 Å². The first kappa shape index (κ1) is 15.2. The van der Waals surface area contributed by atoms with Gasteiger partial charge >= 0.3 is 6.03 Å². The first-order chi connectivity index (χ1) is 11.8. The molecule has 0 radical (unpaired) electrons. The second-order valence-corrected chi connectivity index (χ2v) is 6.52. The molecule has 2 atom stereocenters. The van der Waals surface area contributed by atoms with E-state index in [4.69, 9.17) is 4.74 Å². The summed E-state index contributed by atoms with van der Waals surface area (Å²) in [6, 6.07) is 9.79. The Kier molecular flexibility index (Phi) is 4.21. The Morgan fingerprint density at radius 1 is 1.21 bits per heavy atom. The number of imidazole rings is 1. The van der Waals surface area contributed by atoms with Crippen LogP contribution in [-0.4, -0.2) is 34.3 Å². The molecule has 1 aliphatic carbocycles. The van der Waals surface area contributed by atoms with E-state index in [2.05, 4.69) is 15.6 Å². The maximum atomic E-state index is 12.3. The molecule has 2 amide bonds. The average Bonchev–Trinajstić information content (AvgIpc) is 3.36. The van der Waals surface area contributed by atoms with Gasteiger partial charge in [-0.3, -0.25) is 9.88 Å². The van der Waals surface area contributed by atoms with Gasteiger partial charge in [0.2, 0.25) is 5.95 Å². The Bertz CT molecular complexity index is 696. The smallest absolute Gasteiger partial charge is 0.321 e. The van der Waals surface area contributed by atoms with Gasteiger partial charge in [-0.15, -0.1) is 0 Å². The zero-order valence-corrected chi connectivity index (χ0v) is 13.5. The summed E-state index contributed by atoms with van der Waals surface area (Å²) in [5, 5.41) is 5.92. The molecule has 0 spiro atoms. The van der Waals surface area contributed by atoms with E-state index in [1.165, 1.54) is 12.8 Å². The van der Waals surface area contributed by atoms with Gasteiger partial charge in [-0.05, 0) is 43.7 Å². The molecule has 2 unspecified atom stereocenters. The standard InChI is InChI=1S/C18H22N4O2/c23-18(20-14-8-11-24-16(12-14)13-6-7-13)21-17-19-9-10-22(17)15-4-2-1-3-5-15/h1-5,9-10,13-14,16H,6-8,11-12H2,(H2,19,20,21,23). The summed E-state index contributed by atoms with van der Waals surface area (Å²) in [6.45, 7) is 0.727. The molecule has 6 heteroatoms. The highest BCUT2D eigenvalue weighted by atomic mass is 16.5. The van der Waals surface area contributed by atoms with Gasteiger partial charge in [-0.2, -0.15) is 0 Å². The largest absolute Gasteiger partial charge is 0.378 e. The first-order valence-electron chi connectivity index (χ1n) is 8.57. The van der Waals surface area contributed by atoms with Gasteiger partial charge in [0, 0.05) is 30.7 Å². The number of carbonyl (C=O) groups excluding carboxylic acids is 1. The summed E-state index contributed by atoms with van der Waals surface area (Å²) in [7, 11) is 0. The summed E-state index contributed by atoms with van der Waals surface area (Å²) in [5.41, 5.74) is 0.963. The number of anilines is 1. The lowest BCUT2D eigenvalue weighted by Crippen LogP contribution is -2.44. The third-order valence-electron chi connectivity index (χ3n) is 4.70. The Morgan fingerprint density at radius 2 is 2.04 bits per heavy atom. The fourth-order valence-corrected chi connectivity index (χ4v) is 3.27. The number of urea groups is 1. The highest BCUT2D eigenvalue weighted by Crippen LogP contribution is 2.38. The molecular formula is C18H22N4O2. The Labute approximate surface area is 141 Å². The van der Waals surface area contributed by atoms with Crippen LogP contribution in [0.2, 0.25) is 0 Å². The molecule has 1 aromatic carbocycles. The number of carbonyl (C=O) groups is 1. The number of hydrogen-bond acceptors (Lipinski definition) is 3. The summed E-state index contributed by atoms with van der Waals surface area (Å²) < 4.78 is 7.67. The van der Waals surface area contributed by atoms with Gasteiger partial charge in [0.05, 0.1) is 6.10 Å². The van der Waals surface area contributed by atoms with Crippen LogP contribution in [0.1, 0.15) is 25.7 Å². The summed E-state index contributed by atoms with van der Waals surface area (Å²) in [5.74, 6) is 1.22. The molecule has 4 rings (SSSR count). The first-order valence-corrected chi connectivity index (χ1v) is 8.57. The molecular weight excluding hydrogens is 304 g/mol. The van der Waals surface area contributed by atoms with Crippen LogP contribution in [0.15, 0.2) is 42.7 Å². The number of nitrogens with zero attached hydrogens (tertiary/aromatic N) is 2. The SMILES string of the molecule is O=C(Nc1nccn1-c1ccccc1)NC1CCOC(C2CC2)C1. The second kappa shape index (κ2) is 6.65. The van der Waals surface area contributed by atoms with Crippen LogP contribution in [0.5, 0.6) is 0 Å². The van der Waals surface area contributed by atoms with Crippen LogP contribution < -0.4 is 10.6 Å². The minimum absolute atomic E-state index is 0.171. The van der Waals surface area contributed by atoms with E-state index in [0.29, 0.717) is 18.0 Å². The van der Waals surface area contributed by atoms with Crippen molar-refractivity contribution in [1.29, 1.82) is 0 Å². The minimum atomic E-state index is -0.208. The van der Waals surface area contributed by atoms with Crippen molar-refractivity contribution in [2.24, 2.45) is 5.92 Å². The van der Waals surface area contributed by atoms with Crippen molar-refractivity contribution in [2.75, 3.05) is 11.9 Å². The van der Waals surface area contributed by atoms with E-state index in [9.17, 15) is 4.79 Å². The van der Waals surface area contributed by atoms with Crippen LogP contribution >= 0.6 is 0 Å². The van der Waals surface area contributed by atoms with Crippen LogP contribution in [0.4, 0.5) is 10.7 Å². The third-order valence-corrected chi connectivity index (χ3v) is 4.70. The minimum Gasteiger partial charge on any atom is -0.378 e. The Morgan fingerprint density at radius 3 is 2.83 bits per heavy atom. The van der Waals surface area contributed by atoms with Crippen LogP contribution in [0.25, 0.3) is 5.69 Å². The lowest BCUT2D eigenvalue weighted by molar-refractivity contribution is -0.00890. The van der Waals surface area contributed by atoms with Crippen molar-refractivity contribution in [3.05, 3.63) is 42.7 Å². The average molecular weight is 326 g/mol. The van der Waals surface area contributed by atoms with Gasteiger partial charge in [0.1, 0.15) is 0 Å². The van der Waals surface area contributed by atoms with E-state index >= 15 is 0 Å². The van der Waals surface area contributed by atoms with E-state index in [-0.39, 0.29) is 12.1 Å². The molecule has 2 aliphatic rings. The molecule has 126 valence electrons. The zero-order chi connectivity index (χ0) is 16.4.